The Bertz CT molecular complexity index is 455. The third kappa shape index (κ3) is 5.45. The van der Waals surface area contributed by atoms with Crippen LogP contribution in [0, 0.1) is 0 Å². The molecule has 4 N–H and O–H groups in total. The van der Waals surface area contributed by atoms with Crippen LogP contribution in [0.1, 0.15) is 12.1 Å². The Morgan fingerprint density at radius 2 is 2.35 bits per heavy atom. The molecule has 1 heterocycles. The van der Waals surface area contributed by atoms with E-state index in [1.807, 2.05) is 0 Å². The molecule has 8 heteroatoms. The maximum absolute atomic E-state index is 11.5. The number of nitrogens with one attached hydrogen (secondary N) is 2. The lowest BCUT2D eigenvalue weighted by Gasteiger charge is -2.10. The molecule has 0 aliphatic heterocycles. The van der Waals surface area contributed by atoms with E-state index in [1.54, 1.807) is 6.20 Å². The Kier molecular flexibility index (Phi) is 4.64. The number of rotatable bonds is 6. The van der Waals surface area contributed by atoms with E-state index in [0.29, 0.717) is 6.54 Å². The topological polar surface area (TPSA) is 118 Å². The molecule has 1 aromatic rings. The third-order valence-electron chi connectivity index (χ3n) is 2.14. The van der Waals surface area contributed by atoms with E-state index < -0.39 is 15.9 Å². The van der Waals surface area contributed by atoms with Gasteiger partial charge >= 0.3 is 0 Å². The summed E-state index contributed by atoms with van der Waals surface area (Å²) >= 11 is 0. The number of sulfone groups is 1. The summed E-state index contributed by atoms with van der Waals surface area (Å²) in [6.07, 6.45) is 4.32. The van der Waals surface area contributed by atoms with Crippen LogP contribution in [0.3, 0.4) is 0 Å². The first kappa shape index (κ1) is 13.7. The predicted octanol–water partition coefficient (Wildman–Crippen LogP) is -1.21. The average Bonchev–Trinajstić information content (AvgIpc) is 2.74. The number of imidazole rings is 1. The van der Waals surface area contributed by atoms with E-state index in [2.05, 4.69) is 15.3 Å². The van der Waals surface area contributed by atoms with Gasteiger partial charge in [0.2, 0.25) is 5.91 Å². The molecule has 0 radical (unpaired) electrons. The van der Waals surface area contributed by atoms with Gasteiger partial charge in [0.15, 0.2) is 0 Å². The second-order valence-electron chi connectivity index (χ2n) is 3.82. The smallest absolute Gasteiger partial charge is 0.237 e. The van der Waals surface area contributed by atoms with Gasteiger partial charge in [0.1, 0.15) is 9.84 Å². The van der Waals surface area contributed by atoms with Gasteiger partial charge in [0, 0.05) is 12.5 Å². The van der Waals surface area contributed by atoms with Gasteiger partial charge in [0.25, 0.3) is 0 Å². The van der Waals surface area contributed by atoms with Crippen LogP contribution in [0.5, 0.6) is 0 Å². The Morgan fingerprint density at radius 3 is 2.88 bits per heavy atom. The van der Waals surface area contributed by atoms with Gasteiger partial charge in [0.05, 0.1) is 30.4 Å². The quantitative estimate of drug-likeness (QED) is 0.593. The van der Waals surface area contributed by atoms with Gasteiger partial charge in [-0.05, 0) is 6.42 Å². The van der Waals surface area contributed by atoms with Gasteiger partial charge in [-0.15, -0.1) is 0 Å². The van der Waals surface area contributed by atoms with E-state index in [-0.39, 0.29) is 18.1 Å². The van der Waals surface area contributed by atoms with Crippen molar-refractivity contribution in [3.05, 3.63) is 18.2 Å². The molecule has 0 saturated heterocycles. The third-order valence-corrected chi connectivity index (χ3v) is 3.12. The highest BCUT2D eigenvalue weighted by molar-refractivity contribution is 7.90. The van der Waals surface area contributed by atoms with Crippen molar-refractivity contribution in [2.45, 2.75) is 19.0 Å². The lowest BCUT2D eigenvalue weighted by molar-refractivity contribution is -0.122. The number of carbonyl (C=O) groups excluding carboxylic acids is 1. The summed E-state index contributed by atoms with van der Waals surface area (Å²) in [5.74, 6) is -0.464. The fraction of sp³-hybridized carbons (Fsp3) is 0.556. The number of amides is 1. The maximum atomic E-state index is 11.5. The normalized spacial score (nSPS) is 13.3. The summed E-state index contributed by atoms with van der Waals surface area (Å²) in [6.45, 7) is 0.297. The summed E-state index contributed by atoms with van der Waals surface area (Å²) in [6, 6.07) is -0.812. The molecule has 7 nitrogen and oxygen atoms in total. The second kappa shape index (κ2) is 5.78. The molecule has 1 atom stereocenters. The van der Waals surface area contributed by atoms with Gasteiger partial charge in [-0.1, -0.05) is 0 Å². The highest BCUT2D eigenvalue weighted by atomic mass is 32.2. The predicted molar refractivity (Wildman–Crippen MR) is 62.7 cm³/mol. The van der Waals surface area contributed by atoms with E-state index in [4.69, 9.17) is 5.73 Å². The standard InChI is InChI=1S/C9H16N4O3S/c1-17(15,16)3-2-8(10)9(14)12-5-7-4-11-6-13-7/h4,6,8H,2-3,5,10H2,1H3,(H,11,13)(H,12,14). The summed E-state index contributed by atoms with van der Waals surface area (Å²) < 4.78 is 21.8. The Labute approximate surface area is 99.7 Å². The summed E-state index contributed by atoms with van der Waals surface area (Å²) in [7, 11) is -3.09. The van der Waals surface area contributed by atoms with Crippen LogP contribution in [0.2, 0.25) is 0 Å². The van der Waals surface area contributed by atoms with Crippen LogP contribution >= 0.6 is 0 Å². The van der Waals surface area contributed by atoms with Crippen molar-refractivity contribution in [2.24, 2.45) is 5.73 Å². The number of hydrogen-bond acceptors (Lipinski definition) is 5. The number of nitrogens with two attached hydrogens (primary N) is 1. The number of hydrogen-bond donors (Lipinski definition) is 3. The number of H-pyrrole nitrogens is 1. The summed E-state index contributed by atoms with van der Waals surface area (Å²) in [5, 5.41) is 2.59. The first-order valence-corrected chi connectivity index (χ1v) is 7.13. The van der Waals surface area contributed by atoms with Crippen molar-refractivity contribution in [2.75, 3.05) is 12.0 Å². The molecular weight excluding hydrogens is 244 g/mol. The van der Waals surface area contributed by atoms with Crippen LogP contribution in [0.4, 0.5) is 0 Å². The minimum Gasteiger partial charge on any atom is -0.349 e. The first-order chi connectivity index (χ1) is 7.88. The minimum atomic E-state index is -3.09. The van der Waals surface area contributed by atoms with Gasteiger partial charge in [-0.3, -0.25) is 4.79 Å². The van der Waals surface area contributed by atoms with E-state index in [1.165, 1.54) is 6.33 Å². The van der Waals surface area contributed by atoms with Crippen LogP contribution in [0.15, 0.2) is 12.5 Å². The fourth-order valence-electron chi connectivity index (χ4n) is 1.17. The summed E-state index contributed by atoms with van der Waals surface area (Å²) in [5.41, 5.74) is 6.32. The fourth-order valence-corrected chi connectivity index (χ4v) is 1.85. The van der Waals surface area contributed by atoms with Crippen LogP contribution in [0.25, 0.3) is 0 Å². The van der Waals surface area contributed by atoms with E-state index >= 15 is 0 Å². The first-order valence-electron chi connectivity index (χ1n) is 5.07. The average molecular weight is 260 g/mol. The maximum Gasteiger partial charge on any atom is 0.237 e. The molecule has 0 saturated carbocycles. The van der Waals surface area contributed by atoms with E-state index in [9.17, 15) is 13.2 Å². The number of aromatic nitrogens is 2. The van der Waals surface area contributed by atoms with Crippen LogP contribution in [-0.2, 0) is 21.2 Å². The van der Waals surface area contributed by atoms with Crippen molar-refractivity contribution in [1.82, 2.24) is 15.3 Å². The molecule has 0 aliphatic rings. The number of nitrogens with zero attached hydrogens (tertiary/aromatic N) is 1. The number of carbonyl (C=O) groups is 1. The second-order valence-corrected chi connectivity index (χ2v) is 6.08. The number of aromatic amines is 1. The molecule has 0 aromatic carbocycles. The SMILES string of the molecule is CS(=O)(=O)CCC(N)C(=O)NCc1cnc[nH]1. The molecule has 1 rings (SSSR count). The van der Waals surface area contributed by atoms with Gasteiger partial charge in [-0.25, -0.2) is 13.4 Å². The molecule has 1 amide bonds. The van der Waals surface area contributed by atoms with Crippen molar-refractivity contribution in [1.29, 1.82) is 0 Å². The van der Waals surface area contributed by atoms with Crippen LogP contribution in [-0.4, -0.2) is 42.3 Å². The zero-order valence-corrected chi connectivity index (χ0v) is 10.3. The Balaban J connectivity index is 2.32. The lowest BCUT2D eigenvalue weighted by atomic mass is 10.2. The summed E-state index contributed by atoms with van der Waals surface area (Å²) in [4.78, 5) is 18.1. The molecule has 0 aliphatic carbocycles. The van der Waals surface area contributed by atoms with Gasteiger partial charge in [-0.2, -0.15) is 0 Å². The minimum absolute atomic E-state index is 0.0916. The van der Waals surface area contributed by atoms with Crippen molar-refractivity contribution >= 4 is 15.7 Å². The largest absolute Gasteiger partial charge is 0.349 e. The zero-order valence-electron chi connectivity index (χ0n) is 9.51. The van der Waals surface area contributed by atoms with E-state index in [0.717, 1.165) is 11.9 Å². The Morgan fingerprint density at radius 1 is 1.65 bits per heavy atom. The molecule has 0 spiro atoms. The molecule has 96 valence electrons. The molecule has 17 heavy (non-hydrogen) atoms. The molecule has 0 fully saturated rings. The molecule has 1 unspecified atom stereocenters. The molecule has 1 aromatic heterocycles. The Hall–Kier alpha value is -1.41. The van der Waals surface area contributed by atoms with Gasteiger partial charge < -0.3 is 16.0 Å². The monoisotopic (exact) mass is 260 g/mol. The van der Waals surface area contributed by atoms with Crippen molar-refractivity contribution < 1.29 is 13.2 Å². The highest BCUT2D eigenvalue weighted by Crippen LogP contribution is 1.95. The van der Waals surface area contributed by atoms with Crippen LogP contribution < -0.4 is 11.1 Å². The lowest BCUT2D eigenvalue weighted by Crippen LogP contribution is -2.41. The molecular formula is C9H16N4O3S. The highest BCUT2D eigenvalue weighted by Gasteiger charge is 2.15. The van der Waals surface area contributed by atoms with Crippen molar-refractivity contribution in [3.8, 4) is 0 Å². The zero-order chi connectivity index (χ0) is 12.9. The molecule has 0 bridgehead atoms. The van der Waals surface area contributed by atoms with Crippen molar-refractivity contribution in [3.63, 3.8) is 0 Å².